The molecule has 4 amide bonds. The highest BCUT2D eigenvalue weighted by molar-refractivity contribution is 5.98. The first-order valence-corrected chi connectivity index (χ1v) is 9.11. The second-order valence-corrected chi connectivity index (χ2v) is 6.90. The van der Waals surface area contributed by atoms with Crippen LogP contribution in [0.1, 0.15) is 48.5 Å². The maximum atomic E-state index is 12.2. The summed E-state index contributed by atoms with van der Waals surface area (Å²) in [4.78, 5) is 49.1. The monoisotopic (exact) mass is 373 g/mol. The number of carbonyl (C=O) groups excluding carboxylic acids is 4. The number of esters is 1. The van der Waals surface area contributed by atoms with Crippen LogP contribution in [-0.2, 0) is 20.9 Å². The fourth-order valence-electron chi connectivity index (χ4n) is 2.78. The van der Waals surface area contributed by atoms with E-state index in [1.807, 2.05) is 0 Å². The molecule has 0 radical (unpaired) electrons. The van der Waals surface area contributed by atoms with Gasteiger partial charge in [0, 0.05) is 25.6 Å². The molecule has 1 aliphatic carbocycles. The van der Waals surface area contributed by atoms with E-state index in [4.69, 9.17) is 4.74 Å². The minimum Gasteiger partial charge on any atom is -0.449 e. The number of urea groups is 1. The third kappa shape index (κ3) is 5.29. The van der Waals surface area contributed by atoms with Gasteiger partial charge in [-0.2, -0.15) is 0 Å². The normalized spacial score (nSPS) is 17.4. The van der Waals surface area contributed by atoms with E-state index < -0.39 is 24.0 Å². The Labute approximate surface area is 157 Å². The minimum atomic E-state index is -1.09. The zero-order valence-electron chi connectivity index (χ0n) is 15.2. The number of hydrogen-bond acceptors (Lipinski definition) is 5. The number of nitrogens with one attached hydrogen (secondary N) is 2. The minimum absolute atomic E-state index is 0.130. The summed E-state index contributed by atoms with van der Waals surface area (Å²) in [5.41, 5.74) is 1.22. The standard InChI is InChI=1S/C19H23N3O5/c1-12(17(24)21-19(26)20-15-8-9-15)27-18(25)14-6-4-13(5-7-14)11-22-10-2-3-16(22)23/h4-7,12,15H,2-3,8-11H2,1H3,(H2,20,21,24,26). The molecule has 2 N–H and O–H groups in total. The Balaban J connectivity index is 1.48. The lowest BCUT2D eigenvalue weighted by Crippen LogP contribution is -2.45. The van der Waals surface area contributed by atoms with E-state index >= 15 is 0 Å². The van der Waals surface area contributed by atoms with Gasteiger partial charge in [-0.1, -0.05) is 12.1 Å². The molecule has 1 aromatic carbocycles. The molecule has 2 fully saturated rings. The molecule has 1 aliphatic heterocycles. The van der Waals surface area contributed by atoms with E-state index in [1.165, 1.54) is 6.92 Å². The van der Waals surface area contributed by atoms with Crippen molar-refractivity contribution in [2.75, 3.05) is 6.54 Å². The topological polar surface area (TPSA) is 105 Å². The van der Waals surface area contributed by atoms with Crippen LogP contribution in [0.25, 0.3) is 0 Å². The molecule has 1 saturated carbocycles. The maximum absolute atomic E-state index is 12.2. The highest BCUT2D eigenvalue weighted by Crippen LogP contribution is 2.18. The first-order valence-electron chi connectivity index (χ1n) is 9.11. The summed E-state index contributed by atoms with van der Waals surface area (Å²) in [7, 11) is 0. The van der Waals surface area contributed by atoms with E-state index in [0.717, 1.165) is 31.4 Å². The van der Waals surface area contributed by atoms with Gasteiger partial charge in [0.25, 0.3) is 5.91 Å². The Kier molecular flexibility index (Phi) is 5.73. The summed E-state index contributed by atoms with van der Waals surface area (Å²) < 4.78 is 5.11. The zero-order chi connectivity index (χ0) is 19.4. The molecule has 8 heteroatoms. The van der Waals surface area contributed by atoms with Crippen LogP contribution in [0.15, 0.2) is 24.3 Å². The lowest BCUT2D eigenvalue weighted by Gasteiger charge is -2.16. The van der Waals surface area contributed by atoms with Gasteiger partial charge in [-0.25, -0.2) is 9.59 Å². The molecule has 0 bridgehead atoms. The summed E-state index contributed by atoms with van der Waals surface area (Å²) in [6.07, 6.45) is 2.19. The molecule has 8 nitrogen and oxygen atoms in total. The largest absolute Gasteiger partial charge is 0.449 e. The van der Waals surface area contributed by atoms with Crippen LogP contribution in [0, 0.1) is 0 Å². The van der Waals surface area contributed by atoms with Crippen molar-refractivity contribution in [3.8, 4) is 0 Å². The molecule has 27 heavy (non-hydrogen) atoms. The fraction of sp³-hybridized carbons (Fsp3) is 0.474. The van der Waals surface area contributed by atoms with Crippen molar-refractivity contribution in [1.82, 2.24) is 15.5 Å². The van der Waals surface area contributed by atoms with Crippen molar-refractivity contribution in [1.29, 1.82) is 0 Å². The van der Waals surface area contributed by atoms with E-state index in [2.05, 4.69) is 10.6 Å². The number of imide groups is 1. The highest BCUT2D eigenvalue weighted by atomic mass is 16.5. The van der Waals surface area contributed by atoms with Gasteiger partial charge in [-0.05, 0) is 43.9 Å². The van der Waals surface area contributed by atoms with Crippen molar-refractivity contribution in [3.63, 3.8) is 0 Å². The van der Waals surface area contributed by atoms with Crippen molar-refractivity contribution in [3.05, 3.63) is 35.4 Å². The molecule has 1 unspecified atom stereocenters. The third-order valence-corrected chi connectivity index (χ3v) is 4.54. The highest BCUT2D eigenvalue weighted by Gasteiger charge is 2.26. The Hall–Kier alpha value is -2.90. The molecular formula is C19H23N3O5. The van der Waals surface area contributed by atoms with E-state index in [0.29, 0.717) is 18.5 Å². The van der Waals surface area contributed by atoms with Crippen LogP contribution in [0.2, 0.25) is 0 Å². The average Bonchev–Trinajstić information content (AvgIpc) is 3.36. The predicted octanol–water partition coefficient (Wildman–Crippen LogP) is 1.34. The van der Waals surface area contributed by atoms with Gasteiger partial charge in [0.05, 0.1) is 5.56 Å². The van der Waals surface area contributed by atoms with Crippen LogP contribution in [0.4, 0.5) is 4.79 Å². The van der Waals surface area contributed by atoms with Crippen LogP contribution in [-0.4, -0.2) is 47.4 Å². The van der Waals surface area contributed by atoms with Gasteiger partial charge in [-0.3, -0.25) is 14.9 Å². The number of benzene rings is 1. The molecule has 0 spiro atoms. The van der Waals surface area contributed by atoms with Crippen molar-refractivity contribution >= 4 is 23.8 Å². The molecule has 0 aromatic heterocycles. The second-order valence-electron chi connectivity index (χ2n) is 6.90. The van der Waals surface area contributed by atoms with Crippen molar-refractivity contribution < 1.29 is 23.9 Å². The van der Waals surface area contributed by atoms with Crippen LogP contribution < -0.4 is 10.6 Å². The lowest BCUT2D eigenvalue weighted by molar-refractivity contribution is -0.128. The van der Waals surface area contributed by atoms with Gasteiger partial charge in [0.2, 0.25) is 5.91 Å². The van der Waals surface area contributed by atoms with E-state index in [1.54, 1.807) is 29.2 Å². The van der Waals surface area contributed by atoms with E-state index in [-0.39, 0.29) is 11.9 Å². The lowest BCUT2D eigenvalue weighted by atomic mass is 10.1. The zero-order valence-corrected chi connectivity index (χ0v) is 15.2. The number of carbonyl (C=O) groups is 4. The second kappa shape index (κ2) is 8.20. The summed E-state index contributed by atoms with van der Waals surface area (Å²) >= 11 is 0. The average molecular weight is 373 g/mol. The number of amides is 4. The molecular weight excluding hydrogens is 350 g/mol. The van der Waals surface area contributed by atoms with Gasteiger partial charge in [0.1, 0.15) is 0 Å². The van der Waals surface area contributed by atoms with Crippen molar-refractivity contribution in [2.24, 2.45) is 0 Å². The first kappa shape index (κ1) is 18.9. The molecule has 1 saturated heterocycles. The molecule has 144 valence electrons. The van der Waals surface area contributed by atoms with Gasteiger partial charge in [-0.15, -0.1) is 0 Å². The predicted molar refractivity (Wildman–Crippen MR) is 95.7 cm³/mol. The Morgan fingerprint density at radius 3 is 2.52 bits per heavy atom. The molecule has 3 rings (SSSR count). The smallest absolute Gasteiger partial charge is 0.338 e. The van der Waals surface area contributed by atoms with Crippen LogP contribution in [0.5, 0.6) is 0 Å². The van der Waals surface area contributed by atoms with Gasteiger partial charge in [0.15, 0.2) is 6.10 Å². The third-order valence-electron chi connectivity index (χ3n) is 4.54. The molecule has 2 aliphatic rings. The Morgan fingerprint density at radius 1 is 1.22 bits per heavy atom. The number of hydrogen-bond donors (Lipinski definition) is 2. The first-order chi connectivity index (χ1) is 12.9. The molecule has 1 aromatic rings. The summed E-state index contributed by atoms with van der Waals surface area (Å²) in [6.45, 7) is 2.68. The molecule has 1 heterocycles. The number of likely N-dealkylation sites (tertiary alicyclic amines) is 1. The number of rotatable bonds is 6. The Morgan fingerprint density at radius 2 is 1.93 bits per heavy atom. The van der Waals surface area contributed by atoms with Crippen molar-refractivity contribution in [2.45, 2.75) is 51.3 Å². The van der Waals surface area contributed by atoms with Gasteiger partial charge >= 0.3 is 12.0 Å². The molecule has 1 atom stereocenters. The number of ether oxygens (including phenoxy) is 1. The summed E-state index contributed by atoms with van der Waals surface area (Å²) in [5, 5.41) is 4.78. The SMILES string of the molecule is CC(OC(=O)c1ccc(CN2CCCC2=O)cc1)C(=O)NC(=O)NC1CC1. The van der Waals surface area contributed by atoms with E-state index in [9.17, 15) is 19.2 Å². The number of nitrogens with zero attached hydrogens (tertiary/aromatic N) is 1. The summed E-state index contributed by atoms with van der Waals surface area (Å²) in [5.74, 6) is -1.18. The quantitative estimate of drug-likeness (QED) is 0.732. The Bertz CT molecular complexity index is 742. The fourth-order valence-corrected chi connectivity index (χ4v) is 2.78. The maximum Gasteiger partial charge on any atom is 0.338 e. The van der Waals surface area contributed by atoms with Crippen LogP contribution in [0.3, 0.4) is 0 Å². The van der Waals surface area contributed by atoms with Crippen LogP contribution >= 0.6 is 0 Å². The van der Waals surface area contributed by atoms with Gasteiger partial charge < -0.3 is 15.0 Å². The summed E-state index contributed by atoms with van der Waals surface area (Å²) in [6, 6.07) is 6.27.